The van der Waals surface area contributed by atoms with E-state index in [0.717, 1.165) is 32.7 Å². The summed E-state index contributed by atoms with van der Waals surface area (Å²) in [6, 6.07) is 0. The molecule has 1 unspecified atom stereocenters. The molecule has 1 aliphatic heterocycles. The van der Waals surface area contributed by atoms with E-state index in [0.29, 0.717) is 6.54 Å². The molecular formula is C8H20N3O4S-. The molecule has 1 saturated heterocycles. The standard InChI is InChI=1S/C8H18N2O4S.H3N/c11-7-5-9-1-3-10(4-2-9)6-8-14-15(12)13;/h11H,1-8H2,(H,12,13);1H3/p-1. The normalized spacial score (nSPS) is 20.4. The lowest BCUT2D eigenvalue weighted by atomic mass is 10.3. The van der Waals surface area contributed by atoms with Gasteiger partial charge in [0.25, 0.3) is 0 Å². The summed E-state index contributed by atoms with van der Waals surface area (Å²) in [6.07, 6.45) is 0. The molecule has 0 aromatic carbocycles. The lowest BCUT2D eigenvalue weighted by Gasteiger charge is -2.34. The van der Waals surface area contributed by atoms with Gasteiger partial charge in [-0.3, -0.25) is 14.0 Å². The van der Waals surface area contributed by atoms with Gasteiger partial charge in [0.05, 0.1) is 24.6 Å². The van der Waals surface area contributed by atoms with Gasteiger partial charge in [0.1, 0.15) is 0 Å². The zero-order valence-corrected chi connectivity index (χ0v) is 10.2. The van der Waals surface area contributed by atoms with Gasteiger partial charge in [0.2, 0.25) is 0 Å². The third-order valence-electron chi connectivity index (χ3n) is 2.47. The van der Waals surface area contributed by atoms with E-state index < -0.39 is 11.4 Å². The lowest BCUT2D eigenvalue weighted by Crippen LogP contribution is -2.47. The quantitative estimate of drug-likeness (QED) is 0.559. The van der Waals surface area contributed by atoms with Crippen molar-refractivity contribution in [1.82, 2.24) is 16.0 Å². The number of β-amino-alcohol motifs (C(OH)–C–C–N with tert-alkyl or cyclic N) is 1. The molecule has 1 atom stereocenters. The minimum Gasteiger partial charge on any atom is -0.750 e. The Bertz CT molecular complexity index is 200. The highest BCUT2D eigenvalue weighted by molar-refractivity contribution is 7.74. The molecule has 16 heavy (non-hydrogen) atoms. The van der Waals surface area contributed by atoms with Gasteiger partial charge in [0.15, 0.2) is 0 Å². The van der Waals surface area contributed by atoms with Gasteiger partial charge in [-0.2, -0.15) is 0 Å². The van der Waals surface area contributed by atoms with Gasteiger partial charge in [-0.25, -0.2) is 4.21 Å². The van der Waals surface area contributed by atoms with Crippen LogP contribution in [0.1, 0.15) is 0 Å². The van der Waals surface area contributed by atoms with Crippen LogP contribution in [0.5, 0.6) is 0 Å². The largest absolute Gasteiger partial charge is 0.750 e. The minimum atomic E-state index is -2.40. The van der Waals surface area contributed by atoms with Crippen LogP contribution in [0.2, 0.25) is 0 Å². The molecule has 1 aliphatic rings. The number of hydrogen-bond acceptors (Lipinski definition) is 7. The van der Waals surface area contributed by atoms with Crippen LogP contribution < -0.4 is 6.15 Å². The zero-order chi connectivity index (χ0) is 11.1. The molecule has 4 N–H and O–H groups in total. The number of nitrogens with zero attached hydrogens (tertiary/aromatic N) is 2. The molecule has 0 bridgehead atoms. The summed E-state index contributed by atoms with van der Waals surface area (Å²) in [5, 5.41) is 8.74. The van der Waals surface area contributed by atoms with E-state index in [4.69, 9.17) is 5.11 Å². The topological polar surface area (TPSA) is 111 Å². The maximum Gasteiger partial charge on any atom is 0.0842 e. The van der Waals surface area contributed by atoms with Gasteiger partial charge < -0.3 is 15.8 Å². The molecule has 8 heteroatoms. The number of aliphatic hydroxyl groups is 1. The first-order chi connectivity index (χ1) is 7.22. The molecule has 1 heterocycles. The van der Waals surface area contributed by atoms with Crippen molar-refractivity contribution in [3.05, 3.63) is 0 Å². The van der Waals surface area contributed by atoms with E-state index in [-0.39, 0.29) is 19.4 Å². The van der Waals surface area contributed by atoms with Crippen LogP contribution in [0, 0.1) is 0 Å². The van der Waals surface area contributed by atoms with E-state index in [2.05, 4.69) is 14.0 Å². The van der Waals surface area contributed by atoms with Crippen molar-refractivity contribution >= 4 is 11.4 Å². The van der Waals surface area contributed by atoms with Crippen LogP contribution in [0.3, 0.4) is 0 Å². The molecule has 1 fully saturated rings. The Morgan fingerprint density at radius 1 is 1.19 bits per heavy atom. The first-order valence-corrected chi connectivity index (χ1v) is 6.00. The first-order valence-electron chi connectivity index (χ1n) is 5.00. The summed E-state index contributed by atoms with van der Waals surface area (Å²) < 4.78 is 24.6. The fourth-order valence-electron chi connectivity index (χ4n) is 1.61. The molecule has 0 aliphatic carbocycles. The second kappa shape index (κ2) is 8.99. The molecule has 0 saturated carbocycles. The van der Waals surface area contributed by atoms with Crippen molar-refractivity contribution in [2.24, 2.45) is 0 Å². The van der Waals surface area contributed by atoms with Crippen molar-refractivity contribution in [3.63, 3.8) is 0 Å². The highest BCUT2D eigenvalue weighted by Crippen LogP contribution is 2.00. The van der Waals surface area contributed by atoms with Crippen LogP contribution >= 0.6 is 0 Å². The summed E-state index contributed by atoms with van der Waals surface area (Å²) in [5.41, 5.74) is 0. The van der Waals surface area contributed by atoms with Gasteiger partial charge in [0, 0.05) is 39.3 Å². The molecule has 1 rings (SSSR count). The summed E-state index contributed by atoms with van der Waals surface area (Å²) in [6.45, 7) is 5.40. The number of aliphatic hydroxyl groups excluding tert-OH is 1. The minimum absolute atomic E-state index is 0. The van der Waals surface area contributed by atoms with Crippen LogP contribution in [0.25, 0.3) is 0 Å². The molecule has 0 spiro atoms. The van der Waals surface area contributed by atoms with E-state index in [1.165, 1.54) is 0 Å². The molecule has 0 aromatic heterocycles. The van der Waals surface area contributed by atoms with Crippen molar-refractivity contribution in [2.75, 3.05) is 52.5 Å². The van der Waals surface area contributed by atoms with Crippen LogP contribution in [0.15, 0.2) is 0 Å². The lowest BCUT2D eigenvalue weighted by molar-refractivity contribution is 0.102. The second-order valence-electron chi connectivity index (χ2n) is 3.43. The summed E-state index contributed by atoms with van der Waals surface area (Å²) >= 11 is -2.40. The first kappa shape index (κ1) is 15.9. The average molecular weight is 254 g/mol. The maximum absolute atomic E-state index is 10.1. The molecule has 0 aromatic rings. The smallest absolute Gasteiger partial charge is 0.0842 e. The Morgan fingerprint density at radius 3 is 2.12 bits per heavy atom. The fraction of sp³-hybridized carbons (Fsp3) is 1.00. The van der Waals surface area contributed by atoms with Crippen molar-refractivity contribution in [1.29, 1.82) is 0 Å². The Balaban J connectivity index is 0.00000225. The predicted octanol–water partition coefficient (Wildman–Crippen LogP) is -1.43. The zero-order valence-electron chi connectivity index (χ0n) is 9.34. The van der Waals surface area contributed by atoms with Crippen molar-refractivity contribution in [3.8, 4) is 0 Å². The molecular weight excluding hydrogens is 234 g/mol. The van der Waals surface area contributed by atoms with E-state index in [1.54, 1.807) is 0 Å². The Morgan fingerprint density at radius 2 is 1.69 bits per heavy atom. The Hall–Kier alpha value is -0.0900. The van der Waals surface area contributed by atoms with Crippen LogP contribution in [-0.4, -0.2) is 76.2 Å². The molecule has 7 nitrogen and oxygen atoms in total. The second-order valence-corrected chi connectivity index (χ2v) is 4.08. The molecule has 98 valence electrons. The Kier molecular flexibility index (Phi) is 8.94. The maximum atomic E-state index is 10.1. The highest BCUT2D eigenvalue weighted by atomic mass is 32.2. The van der Waals surface area contributed by atoms with E-state index in [1.807, 2.05) is 0 Å². The molecule has 0 radical (unpaired) electrons. The van der Waals surface area contributed by atoms with Crippen LogP contribution in [-0.2, 0) is 15.5 Å². The van der Waals surface area contributed by atoms with Gasteiger partial charge >= 0.3 is 0 Å². The summed E-state index contributed by atoms with van der Waals surface area (Å²) in [5.74, 6) is 0. The highest BCUT2D eigenvalue weighted by Gasteiger charge is 2.15. The summed E-state index contributed by atoms with van der Waals surface area (Å²) in [4.78, 5) is 4.34. The number of hydrogen-bond donors (Lipinski definition) is 2. The summed E-state index contributed by atoms with van der Waals surface area (Å²) in [7, 11) is 0. The fourth-order valence-corrected chi connectivity index (χ4v) is 1.82. The van der Waals surface area contributed by atoms with Crippen molar-refractivity contribution in [2.45, 2.75) is 0 Å². The average Bonchev–Trinajstić information content (AvgIpc) is 2.20. The number of piperazine rings is 1. The van der Waals surface area contributed by atoms with Gasteiger partial charge in [-0.1, -0.05) is 0 Å². The van der Waals surface area contributed by atoms with E-state index >= 15 is 0 Å². The predicted molar refractivity (Wildman–Crippen MR) is 59.9 cm³/mol. The van der Waals surface area contributed by atoms with E-state index in [9.17, 15) is 8.76 Å². The SMILES string of the molecule is N.O=S([O-])OCCN1CCN(CCO)CC1. The third kappa shape index (κ3) is 6.48. The third-order valence-corrected chi connectivity index (χ3v) is 2.83. The molecule has 0 amide bonds. The monoisotopic (exact) mass is 254 g/mol. The van der Waals surface area contributed by atoms with Gasteiger partial charge in [-0.05, 0) is 0 Å². The number of rotatable bonds is 6. The van der Waals surface area contributed by atoms with Crippen molar-refractivity contribution < 1.29 is 18.1 Å². The van der Waals surface area contributed by atoms with Gasteiger partial charge in [-0.15, -0.1) is 0 Å². The Labute approximate surface area is 98.4 Å². The van der Waals surface area contributed by atoms with Crippen LogP contribution in [0.4, 0.5) is 0 Å².